The summed E-state index contributed by atoms with van der Waals surface area (Å²) in [6.07, 6.45) is 53.8. The summed E-state index contributed by atoms with van der Waals surface area (Å²) in [6.45, 7) is 3.41. The van der Waals surface area contributed by atoms with Crippen LogP contribution in [0.5, 0.6) is 0 Å². The van der Waals surface area contributed by atoms with Gasteiger partial charge in [0, 0.05) is 0 Å². The van der Waals surface area contributed by atoms with Crippen LogP contribution >= 0.6 is 0 Å². The van der Waals surface area contributed by atoms with E-state index in [1.165, 1.54) is 193 Å². The Morgan fingerprint density at radius 2 is 0.811 bits per heavy atom. The summed E-state index contributed by atoms with van der Waals surface area (Å²) in [7, 11) is 0. The van der Waals surface area contributed by atoms with Crippen molar-refractivity contribution in [1.29, 1.82) is 0 Å². The zero-order valence-electron chi connectivity index (χ0n) is 47.8. The van der Waals surface area contributed by atoms with Gasteiger partial charge in [-0.3, -0.25) is 4.79 Å². The Morgan fingerprint density at radius 3 is 1.19 bits per heavy atom. The average Bonchev–Trinajstić information content (AvgIpc) is 3.40. The third kappa shape index (κ3) is 39.7. The van der Waals surface area contributed by atoms with E-state index in [0.29, 0.717) is 19.3 Å². The fourth-order valence-corrected chi connectivity index (χ4v) is 10.1. The zero-order valence-corrected chi connectivity index (χ0v) is 47.8. The minimum absolute atomic E-state index is 0.242. The molecule has 0 aromatic rings. The van der Waals surface area contributed by atoms with E-state index in [4.69, 9.17) is 9.47 Å². The predicted octanol–water partition coefficient (Wildman–Crippen LogP) is 13.9. The van der Waals surface area contributed by atoms with E-state index in [-0.39, 0.29) is 12.8 Å². The maximum Gasteiger partial charge on any atom is 0.249 e. The third-order valence-corrected chi connectivity index (χ3v) is 15.2. The van der Waals surface area contributed by atoms with Gasteiger partial charge < -0.3 is 50.5 Å². The lowest BCUT2D eigenvalue weighted by atomic mass is 9.98. The van der Waals surface area contributed by atoms with Gasteiger partial charge >= 0.3 is 0 Å². The molecule has 0 saturated carbocycles. The van der Waals surface area contributed by atoms with E-state index in [2.05, 4.69) is 55.6 Å². The van der Waals surface area contributed by atoms with Gasteiger partial charge in [-0.15, -0.1) is 0 Å². The number of carbonyl (C=O) groups excluding carboxylic acids is 1. The summed E-state index contributed by atoms with van der Waals surface area (Å²) >= 11 is 0. The Morgan fingerprint density at radius 1 is 0.459 bits per heavy atom. The highest BCUT2D eigenvalue weighted by atomic mass is 16.7. The number of aliphatic hydroxyl groups excluding tert-OH is 7. The van der Waals surface area contributed by atoms with Crippen molar-refractivity contribution in [2.24, 2.45) is 0 Å². The number of nitrogens with one attached hydrogen (secondary N) is 1. The van der Waals surface area contributed by atoms with E-state index < -0.39 is 74.2 Å². The molecule has 1 saturated heterocycles. The smallest absolute Gasteiger partial charge is 0.249 e. The van der Waals surface area contributed by atoms with E-state index in [1.54, 1.807) is 0 Å². The number of rotatable bonds is 54. The first kappa shape index (κ1) is 70.3. The lowest BCUT2D eigenvalue weighted by Gasteiger charge is -2.40. The van der Waals surface area contributed by atoms with Gasteiger partial charge in [0.1, 0.15) is 36.6 Å². The van der Waals surface area contributed by atoms with Crippen LogP contribution in [-0.2, 0) is 14.3 Å². The summed E-state index contributed by atoms with van der Waals surface area (Å²) in [5.41, 5.74) is 0. The summed E-state index contributed by atoms with van der Waals surface area (Å²) in [4.78, 5) is 13.2. The fourth-order valence-electron chi connectivity index (χ4n) is 10.1. The molecule has 8 N–H and O–H groups in total. The Balaban J connectivity index is 2.19. The molecule has 11 nitrogen and oxygen atoms in total. The molecule has 0 radical (unpaired) electrons. The Bertz CT molecular complexity index is 1300. The van der Waals surface area contributed by atoms with Crippen LogP contribution in [0.2, 0.25) is 0 Å². The van der Waals surface area contributed by atoms with Crippen molar-refractivity contribution in [3.05, 3.63) is 36.5 Å². The van der Waals surface area contributed by atoms with E-state index >= 15 is 0 Å². The minimum atomic E-state index is -1.67. The SMILES string of the molecule is CCCC/C=C/CC/C=C/CC/C=C/CCCC(O)C(O)C(COC1OC(CO)C(O)C(O)C1O)NC(=O)C(O)CCCCCCCCCCCCCCCCCCCCCCCCCCCCCCCCCC. The Hall–Kier alpha value is -1.67. The molecular weight excluding hydrogens is 931 g/mol. The maximum absolute atomic E-state index is 13.2. The molecule has 1 rings (SSSR count). The molecule has 0 bridgehead atoms. The molecule has 1 aliphatic heterocycles. The second kappa shape index (κ2) is 52.1. The average molecular weight is 1050 g/mol. The molecule has 1 aliphatic rings. The lowest BCUT2D eigenvalue weighted by Crippen LogP contribution is -2.60. The van der Waals surface area contributed by atoms with Gasteiger partial charge in [0.25, 0.3) is 0 Å². The first-order chi connectivity index (χ1) is 36.2. The van der Waals surface area contributed by atoms with Crippen LogP contribution in [0, 0.1) is 0 Å². The van der Waals surface area contributed by atoms with Gasteiger partial charge in [0.2, 0.25) is 5.91 Å². The fraction of sp³-hybridized carbons (Fsp3) is 0.889. The van der Waals surface area contributed by atoms with Crippen molar-refractivity contribution in [3.8, 4) is 0 Å². The number of unbranched alkanes of at least 4 members (excludes halogenated alkanes) is 36. The molecule has 0 spiro atoms. The molecule has 1 amide bonds. The molecule has 0 aromatic carbocycles. The van der Waals surface area contributed by atoms with Gasteiger partial charge in [-0.25, -0.2) is 0 Å². The summed E-state index contributed by atoms with van der Waals surface area (Å²) in [5.74, 6) is -0.709. The third-order valence-electron chi connectivity index (χ3n) is 15.2. The van der Waals surface area contributed by atoms with Crippen LogP contribution in [0.15, 0.2) is 36.5 Å². The van der Waals surface area contributed by atoms with Gasteiger partial charge in [0.05, 0.1) is 25.4 Å². The molecule has 1 heterocycles. The van der Waals surface area contributed by atoms with Crippen molar-refractivity contribution < 1.29 is 50.0 Å². The van der Waals surface area contributed by atoms with Crippen LogP contribution in [0.1, 0.15) is 290 Å². The van der Waals surface area contributed by atoms with Gasteiger partial charge in [-0.05, 0) is 57.8 Å². The van der Waals surface area contributed by atoms with Gasteiger partial charge in [-0.2, -0.15) is 0 Å². The highest BCUT2D eigenvalue weighted by molar-refractivity contribution is 5.80. The maximum atomic E-state index is 13.2. The second-order valence-corrected chi connectivity index (χ2v) is 22.1. The lowest BCUT2D eigenvalue weighted by molar-refractivity contribution is -0.303. The summed E-state index contributed by atoms with van der Waals surface area (Å²) in [6, 6.07) is -1.19. The normalized spacial score (nSPS) is 20.0. The topological polar surface area (TPSA) is 189 Å². The van der Waals surface area contributed by atoms with Crippen LogP contribution in [0.4, 0.5) is 0 Å². The largest absolute Gasteiger partial charge is 0.394 e. The van der Waals surface area contributed by atoms with Crippen molar-refractivity contribution in [3.63, 3.8) is 0 Å². The van der Waals surface area contributed by atoms with Crippen LogP contribution in [0.25, 0.3) is 0 Å². The quantitative estimate of drug-likeness (QED) is 0.0215. The standard InChI is InChI=1S/C63H119NO10/c1-3-5-7-9-11-13-15-17-19-20-21-22-23-24-25-26-27-28-29-30-31-32-33-34-35-37-39-41-43-45-47-49-51-56(67)62(72)64-54(53-73-63-61(71)60(70)59(69)57(52-65)74-63)58(68)55(66)50-48-46-44-42-40-38-36-18-16-14-12-10-8-6-4-2/h10,12,18,36,42,44,54-61,63,65-71H,3-9,11,13-17,19-35,37-41,43,45-53H2,1-2H3,(H,64,72)/b12-10+,36-18+,44-42+. The monoisotopic (exact) mass is 1050 g/mol. The first-order valence-electron chi connectivity index (χ1n) is 31.4. The number of amides is 1. The van der Waals surface area contributed by atoms with Crippen LogP contribution < -0.4 is 5.32 Å². The molecular formula is C63H119NO10. The number of ether oxygens (including phenoxy) is 2. The van der Waals surface area contributed by atoms with E-state index in [1.807, 2.05) is 0 Å². The van der Waals surface area contributed by atoms with E-state index in [0.717, 1.165) is 51.4 Å². The van der Waals surface area contributed by atoms with Crippen molar-refractivity contribution in [1.82, 2.24) is 5.32 Å². The van der Waals surface area contributed by atoms with Crippen molar-refractivity contribution in [2.45, 2.75) is 345 Å². The van der Waals surface area contributed by atoms with E-state index in [9.17, 15) is 40.5 Å². The van der Waals surface area contributed by atoms with Crippen LogP contribution in [-0.4, -0.2) is 110 Å². The summed E-state index contributed by atoms with van der Waals surface area (Å²) < 4.78 is 11.1. The summed E-state index contributed by atoms with van der Waals surface area (Å²) in [5, 5.41) is 76.1. The molecule has 436 valence electrons. The number of carbonyl (C=O) groups is 1. The van der Waals surface area contributed by atoms with Crippen LogP contribution in [0.3, 0.4) is 0 Å². The van der Waals surface area contributed by atoms with Crippen molar-refractivity contribution >= 4 is 5.91 Å². The molecule has 0 aliphatic carbocycles. The number of aliphatic hydroxyl groups is 7. The number of hydrogen-bond acceptors (Lipinski definition) is 10. The molecule has 11 heteroatoms. The minimum Gasteiger partial charge on any atom is -0.394 e. The van der Waals surface area contributed by atoms with Crippen molar-refractivity contribution in [2.75, 3.05) is 13.2 Å². The Kier molecular flexibility index (Phi) is 49.5. The highest BCUT2D eigenvalue weighted by Crippen LogP contribution is 2.23. The molecule has 0 aromatic heterocycles. The first-order valence-corrected chi connectivity index (χ1v) is 31.4. The number of allylic oxidation sites excluding steroid dienone is 6. The highest BCUT2D eigenvalue weighted by Gasteiger charge is 2.44. The predicted molar refractivity (Wildman–Crippen MR) is 307 cm³/mol. The number of hydrogen-bond donors (Lipinski definition) is 8. The molecule has 9 atom stereocenters. The van der Waals surface area contributed by atoms with Gasteiger partial charge in [0.15, 0.2) is 6.29 Å². The molecule has 9 unspecified atom stereocenters. The molecule has 1 fully saturated rings. The van der Waals surface area contributed by atoms with Gasteiger partial charge in [-0.1, -0.05) is 269 Å². The Labute approximate surface area is 454 Å². The molecule has 74 heavy (non-hydrogen) atoms. The second-order valence-electron chi connectivity index (χ2n) is 22.1. The zero-order chi connectivity index (χ0) is 54.0.